The van der Waals surface area contributed by atoms with E-state index in [1.54, 1.807) is 25.3 Å². The minimum Gasteiger partial charge on any atom is -0.354 e. The van der Waals surface area contributed by atoms with Gasteiger partial charge in [-0.1, -0.05) is 38.0 Å². The molecule has 3 rings (SSSR count). The minimum atomic E-state index is -0.461. The van der Waals surface area contributed by atoms with E-state index in [0.29, 0.717) is 28.9 Å². The molecule has 176 valence electrons. The van der Waals surface area contributed by atoms with Gasteiger partial charge in [0.25, 0.3) is 0 Å². The molecule has 1 aliphatic carbocycles. The Morgan fingerprint density at radius 3 is 2.64 bits per heavy atom. The Hall–Kier alpha value is -2.98. The molecular weight excluding hydrogens is 420 g/mol. The monoisotopic (exact) mass is 453 g/mol. The van der Waals surface area contributed by atoms with Gasteiger partial charge in [0.15, 0.2) is 0 Å². The largest absolute Gasteiger partial charge is 0.354 e. The molecular formula is C26H33F2N5. The molecule has 33 heavy (non-hydrogen) atoms. The Labute approximate surface area is 195 Å². The van der Waals surface area contributed by atoms with E-state index in [4.69, 9.17) is 0 Å². The molecule has 1 aromatic carbocycles. The van der Waals surface area contributed by atoms with E-state index in [0.717, 1.165) is 31.4 Å². The molecule has 2 N–H and O–H groups in total. The Morgan fingerprint density at radius 1 is 1.30 bits per heavy atom. The van der Waals surface area contributed by atoms with Crippen molar-refractivity contribution in [1.82, 2.24) is 10.4 Å². The van der Waals surface area contributed by atoms with E-state index in [-0.39, 0.29) is 30.4 Å². The second-order valence-corrected chi connectivity index (χ2v) is 8.57. The van der Waals surface area contributed by atoms with Gasteiger partial charge in [0.2, 0.25) is 0 Å². The number of hydrogen-bond acceptors (Lipinski definition) is 5. The van der Waals surface area contributed by atoms with Crippen molar-refractivity contribution in [3.8, 4) is 6.07 Å². The van der Waals surface area contributed by atoms with Crippen LogP contribution in [-0.2, 0) is 6.42 Å². The van der Waals surface area contributed by atoms with Crippen LogP contribution < -0.4 is 15.8 Å². The number of pyridine rings is 1. The third-order valence-electron chi connectivity index (χ3n) is 6.35. The highest BCUT2D eigenvalue weighted by Crippen LogP contribution is 2.40. The van der Waals surface area contributed by atoms with Crippen LogP contribution in [0.1, 0.15) is 61.9 Å². The number of aryl methyl sites for hydroxylation is 1. The molecule has 0 radical (unpaired) electrons. The van der Waals surface area contributed by atoms with Gasteiger partial charge in [-0.15, -0.1) is 6.58 Å². The average Bonchev–Trinajstić information content (AvgIpc) is 3.37. The summed E-state index contributed by atoms with van der Waals surface area (Å²) in [5.41, 5.74) is 9.12. The molecule has 2 atom stereocenters. The topological polar surface area (TPSA) is 64.0 Å². The van der Waals surface area contributed by atoms with Crippen molar-refractivity contribution in [2.45, 2.75) is 70.5 Å². The summed E-state index contributed by atoms with van der Waals surface area (Å²) in [6, 6.07) is 9.02. The van der Waals surface area contributed by atoms with E-state index in [1.165, 1.54) is 0 Å². The molecule has 1 saturated carbocycles. The number of hydrogen-bond donors (Lipinski definition) is 2. The number of hydrazine groups is 1. The number of benzene rings is 1. The number of aromatic nitrogens is 1. The van der Waals surface area contributed by atoms with Gasteiger partial charge < -0.3 is 10.3 Å². The molecule has 7 heteroatoms. The number of alkyl halides is 1. The number of anilines is 2. The first-order chi connectivity index (χ1) is 16.0. The van der Waals surface area contributed by atoms with Crippen molar-refractivity contribution in [2.24, 2.45) is 0 Å². The number of nitrogens with zero attached hydrogens (tertiary/aromatic N) is 3. The maximum atomic E-state index is 15.6. The predicted molar refractivity (Wildman–Crippen MR) is 129 cm³/mol. The van der Waals surface area contributed by atoms with Crippen molar-refractivity contribution in [3.63, 3.8) is 0 Å². The average molecular weight is 454 g/mol. The Morgan fingerprint density at radius 2 is 2.06 bits per heavy atom. The van der Waals surface area contributed by atoms with Gasteiger partial charge in [-0.25, -0.2) is 14.2 Å². The summed E-state index contributed by atoms with van der Waals surface area (Å²) in [6.07, 6.45) is 8.34. The van der Waals surface area contributed by atoms with Gasteiger partial charge in [0.1, 0.15) is 12.5 Å². The molecule has 1 heterocycles. The van der Waals surface area contributed by atoms with Crippen LogP contribution in [-0.4, -0.2) is 23.7 Å². The number of halogens is 2. The molecule has 2 aromatic rings. The van der Waals surface area contributed by atoms with Crippen molar-refractivity contribution >= 4 is 11.4 Å². The van der Waals surface area contributed by atoms with E-state index < -0.39 is 6.67 Å². The SMILES string of the molecule is C=CC(c1ccc(NNC(CC)CF)cn1)N(c1c(CC#N)ccc(C)c1F)C1CCCC1. The first-order valence-electron chi connectivity index (χ1n) is 11.6. The van der Waals surface area contributed by atoms with Crippen LogP contribution in [0.5, 0.6) is 0 Å². The van der Waals surface area contributed by atoms with Crippen LogP contribution in [0.2, 0.25) is 0 Å². The fourth-order valence-electron chi connectivity index (χ4n) is 4.41. The lowest BCUT2D eigenvalue weighted by molar-refractivity contribution is 0.383. The summed E-state index contributed by atoms with van der Waals surface area (Å²) in [5.74, 6) is -0.291. The molecule has 2 unspecified atom stereocenters. The van der Waals surface area contributed by atoms with Crippen molar-refractivity contribution in [3.05, 3.63) is 65.8 Å². The van der Waals surface area contributed by atoms with Crippen LogP contribution >= 0.6 is 0 Å². The molecule has 0 saturated heterocycles. The number of nitriles is 1. The standard InChI is InChI=1S/C26H33F2N5/c1-4-20(16-27)31-32-21-12-13-23(30-17-21)24(5-2)33(22-8-6-7-9-22)26-19(14-15-29)11-10-18(3)25(26)28/h5,10-13,17,20,22,24,31-32H,2,4,6-9,14,16H2,1,3H3. The van der Waals surface area contributed by atoms with Gasteiger partial charge in [0.05, 0.1) is 47.8 Å². The smallest absolute Gasteiger partial charge is 0.149 e. The van der Waals surface area contributed by atoms with Gasteiger partial charge in [0, 0.05) is 6.04 Å². The van der Waals surface area contributed by atoms with Crippen molar-refractivity contribution in [2.75, 3.05) is 17.0 Å². The lowest BCUT2D eigenvalue weighted by Gasteiger charge is -2.38. The third kappa shape index (κ3) is 5.69. The van der Waals surface area contributed by atoms with E-state index >= 15 is 4.39 Å². The molecule has 5 nitrogen and oxygen atoms in total. The van der Waals surface area contributed by atoms with Crippen LogP contribution in [0.3, 0.4) is 0 Å². The maximum Gasteiger partial charge on any atom is 0.149 e. The molecule has 1 aromatic heterocycles. The quantitative estimate of drug-likeness (QED) is 0.326. The number of nitrogens with one attached hydrogen (secondary N) is 2. The Kier molecular flexibility index (Phi) is 8.79. The first-order valence-corrected chi connectivity index (χ1v) is 11.6. The molecule has 1 aliphatic rings. The zero-order valence-electron chi connectivity index (χ0n) is 19.5. The van der Waals surface area contributed by atoms with Gasteiger partial charge in [-0.05, 0) is 49.4 Å². The molecule has 0 bridgehead atoms. The van der Waals surface area contributed by atoms with Crippen LogP contribution in [0, 0.1) is 24.1 Å². The molecule has 0 spiro atoms. The van der Waals surface area contributed by atoms with Crippen LogP contribution in [0.25, 0.3) is 0 Å². The molecule has 0 aliphatic heterocycles. The van der Waals surface area contributed by atoms with Crippen molar-refractivity contribution in [1.29, 1.82) is 5.26 Å². The normalized spacial score (nSPS) is 15.6. The predicted octanol–water partition coefficient (Wildman–Crippen LogP) is 5.94. The van der Waals surface area contributed by atoms with E-state index in [2.05, 4.69) is 33.4 Å². The highest BCUT2D eigenvalue weighted by atomic mass is 19.1. The van der Waals surface area contributed by atoms with Crippen molar-refractivity contribution < 1.29 is 8.78 Å². The second kappa shape index (κ2) is 11.8. The summed E-state index contributed by atoms with van der Waals surface area (Å²) in [5, 5.41) is 9.36. The molecule has 0 amide bonds. The summed E-state index contributed by atoms with van der Waals surface area (Å²) in [6.45, 7) is 7.25. The van der Waals surface area contributed by atoms with Gasteiger partial charge in [-0.2, -0.15) is 5.26 Å². The summed E-state index contributed by atoms with van der Waals surface area (Å²) < 4.78 is 28.5. The minimum absolute atomic E-state index is 0.134. The highest BCUT2D eigenvalue weighted by Gasteiger charge is 2.33. The summed E-state index contributed by atoms with van der Waals surface area (Å²) >= 11 is 0. The van der Waals surface area contributed by atoms with Gasteiger partial charge >= 0.3 is 0 Å². The lowest BCUT2D eigenvalue weighted by atomic mass is 9.99. The zero-order valence-corrected chi connectivity index (χ0v) is 19.5. The lowest BCUT2D eigenvalue weighted by Crippen LogP contribution is -2.38. The summed E-state index contributed by atoms with van der Waals surface area (Å²) in [7, 11) is 0. The fraction of sp³-hybridized carbons (Fsp3) is 0.462. The Bertz CT molecular complexity index is 960. The van der Waals surface area contributed by atoms with Gasteiger partial charge in [-0.3, -0.25) is 4.98 Å². The maximum absolute atomic E-state index is 15.6. The van der Waals surface area contributed by atoms with E-state index in [1.807, 2.05) is 25.1 Å². The fourth-order valence-corrected chi connectivity index (χ4v) is 4.41. The highest BCUT2D eigenvalue weighted by molar-refractivity contribution is 5.61. The third-order valence-corrected chi connectivity index (χ3v) is 6.35. The van der Waals surface area contributed by atoms with E-state index in [9.17, 15) is 9.65 Å². The van der Waals surface area contributed by atoms with Crippen LogP contribution in [0.4, 0.5) is 20.2 Å². The second-order valence-electron chi connectivity index (χ2n) is 8.57. The van der Waals surface area contributed by atoms with Crippen LogP contribution in [0.15, 0.2) is 43.1 Å². The first kappa shape index (κ1) is 24.7. The summed E-state index contributed by atoms with van der Waals surface area (Å²) in [4.78, 5) is 6.71. The molecule has 1 fully saturated rings. The number of rotatable bonds is 11. The zero-order chi connectivity index (χ0) is 23.8. The Balaban J connectivity index is 1.97.